The van der Waals surface area contributed by atoms with Gasteiger partial charge in [0.1, 0.15) is 12.4 Å². The van der Waals surface area contributed by atoms with E-state index in [4.69, 9.17) is 4.74 Å². The van der Waals surface area contributed by atoms with Gasteiger partial charge in [0.25, 0.3) is 0 Å². The summed E-state index contributed by atoms with van der Waals surface area (Å²) in [5.74, 6) is -0.317. The molecule has 7 nitrogen and oxygen atoms in total. The molecule has 0 atom stereocenters. The number of aromatic amines is 1. The molecular formula is C25H23FN4O3. The Morgan fingerprint density at radius 3 is 2.58 bits per heavy atom. The first kappa shape index (κ1) is 20.9. The van der Waals surface area contributed by atoms with Crippen molar-refractivity contribution in [2.45, 2.75) is 32.3 Å². The summed E-state index contributed by atoms with van der Waals surface area (Å²) >= 11 is 0. The Labute approximate surface area is 189 Å². The summed E-state index contributed by atoms with van der Waals surface area (Å²) in [6, 6.07) is 17.5. The molecule has 168 valence electrons. The summed E-state index contributed by atoms with van der Waals surface area (Å²) in [4.78, 5) is 27.4. The third-order valence-electron chi connectivity index (χ3n) is 5.96. The van der Waals surface area contributed by atoms with Crippen molar-refractivity contribution in [1.29, 1.82) is 0 Å². The van der Waals surface area contributed by atoms with Crippen LogP contribution < -0.4 is 10.6 Å². The molecule has 0 spiro atoms. The van der Waals surface area contributed by atoms with Gasteiger partial charge in [-0.3, -0.25) is 4.90 Å². The molecule has 0 fully saturated rings. The topological polar surface area (TPSA) is 79.7 Å². The van der Waals surface area contributed by atoms with Gasteiger partial charge in [0, 0.05) is 23.9 Å². The highest BCUT2D eigenvalue weighted by molar-refractivity contribution is 5.91. The van der Waals surface area contributed by atoms with E-state index in [1.54, 1.807) is 21.4 Å². The number of hydrogen-bond acceptors (Lipinski definition) is 4. The maximum Gasteiger partial charge on any atom is 0.414 e. The Morgan fingerprint density at radius 1 is 1.12 bits per heavy atom. The van der Waals surface area contributed by atoms with Crippen molar-refractivity contribution in [2.24, 2.45) is 0 Å². The van der Waals surface area contributed by atoms with E-state index >= 15 is 0 Å². The molecule has 1 aliphatic heterocycles. The SMILES string of the molecule is CC1(C)CN(C(=O)OCc2ccccc2)c2cc(Cc3ccc(F)cc3)c3n[nH]c(=O)n3c21. The number of amides is 1. The van der Waals surface area contributed by atoms with Crippen LogP contribution in [0.1, 0.15) is 36.2 Å². The number of carbonyl (C=O) groups excluding carboxylic acids is 1. The van der Waals surface area contributed by atoms with Crippen LogP contribution in [0.25, 0.3) is 5.65 Å². The molecule has 0 aliphatic carbocycles. The standard InChI is InChI=1S/C25H23FN4O3/c1-25(2)15-29(24(32)33-14-17-6-4-3-5-7-17)20-13-18(12-16-8-10-19(26)11-9-16)22-27-28-23(31)30(22)21(20)25/h3-11,13H,12,14-15H2,1-2H3,(H,28,31). The van der Waals surface area contributed by atoms with Gasteiger partial charge in [-0.2, -0.15) is 5.10 Å². The molecule has 2 aromatic carbocycles. The Morgan fingerprint density at radius 2 is 1.85 bits per heavy atom. The maximum atomic E-state index is 13.4. The number of nitrogens with one attached hydrogen (secondary N) is 1. The fourth-order valence-electron chi connectivity index (χ4n) is 4.46. The number of anilines is 1. The molecule has 5 rings (SSSR count). The number of aromatic nitrogens is 3. The minimum absolute atomic E-state index is 0.155. The van der Waals surface area contributed by atoms with E-state index in [1.165, 1.54) is 12.1 Å². The molecule has 33 heavy (non-hydrogen) atoms. The number of H-pyrrole nitrogens is 1. The van der Waals surface area contributed by atoms with Crippen molar-refractivity contribution in [2.75, 3.05) is 11.4 Å². The van der Waals surface area contributed by atoms with E-state index in [1.807, 2.05) is 50.2 Å². The predicted molar refractivity (Wildman–Crippen MR) is 122 cm³/mol. The van der Waals surface area contributed by atoms with Crippen LogP contribution in [0.5, 0.6) is 0 Å². The molecular weight excluding hydrogens is 423 g/mol. The molecule has 0 bridgehead atoms. The fourth-order valence-corrected chi connectivity index (χ4v) is 4.46. The lowest BCUT2D eigenvalue weighted by Crippen LogP contribution is -2.34. The molecule has 0 saturated heterocycles. The molecule has 1 amide bonds. The molecule has 0 saturated carbocycles. The number of hydrogen-bond donors (Lipinski definition) is 1. The van der Waals surface area contributed by atoms with E-state index in [0.29, 0.717) is 30.0 Å². The number of ether oxygens (including phenoxy) is 1. The van der Waals surface area contributed by atoms with Crippen LogP contribution in [0.3, 0.4) is 0 Å². The number of halogens is 1. The third kappa shape index (κ3) is 3.77. The van der Waals surface area contributed by atoms with E-state index < -0.39 is 11.5 Å². The van der Waals surface area contributed by atoms with Gasteiger partial charge < -0.3 is 4.74 Å². The first-order valence-electron chi connectivity index (χ1n) is 10.7. The van der Waals surface area contributed by atoms with Gasteiger partial charge >= 0.3 is 11.8 Å². The van der Waals surface area contributed by atoms with Crippen LogP contribution in [-0.4, -0.2) is 27.2 Å². The van der Waals surface area contributed by atoms with Gasteiger partial charge in [-0.1, -0.05) is 56.3 Å². The van der Waals surface area contributed by atoms with Crippen molar-refractivity contribution >= 4 is 17.4 Å². The highest BCUT2D eigenvalue weighted by Crippen LogP contribution is 2.41. The van der Waals surface area contributed by atoms with Crippen LogP contribution >= 0.6 is 0 Å². The van der Waals surface area contributed by atoms with E-state index in [9.17, 15) is 14.0 Å². The van der Waals surface area contributed by atoms with Crippen LogP contribution in [0.4, 0.5) is 14.9 Å². The van der Waals surface area contributed by atoms with Gasteiger partial charge in [-0.15, -0.1) is 0 Å². The Hall–Kier alpha value is -3.94. The molecule has 0 unspecified atom stereocenters. The highest BCUT2D eigenvalue weighted by atomic mass is 19.1. The second kappa shape index (κ2) is 7.88. The van der Waals surface area contributed by atoms with Gasteiger partial charge in [-0.25, -0.2) is 23.5 Å². The van der Waals surface area contributed by atoms with Gasteiger partial charge in [0.2, 0.25) is 0 Å². The lowest BCUT2D eigenvalue weighted by atomic mass is 9.90. The van der Waals surface area contributed by atoms with Crippen LogP contribution in [0.15, 0.2) is 65.5 Å². The average molecular weight is 446 g/mol. The van der Waals surface area contributed by atoms with Gasteiger partial charge in [0.05, 0.1) is 11.4 Å². The van der Waals surface area contributed by atoms with Crippen molar-refractivity contribution in [3.63, 3.8) is 0 Å². The summed E-state index contributed by atoms with van der Waals surface area (Å²) < 4.78 is 20.5. The summed E-state index contributed by atoms with van der Waals surface area (Å²) in [6.07, 6.45) is -0.0522. The Kier molecular flexibility index (Phi) is 5.00. The smallest absolute Gasteiger partial charge is 0.414 e. The zero-order valence-electron chi connectivity index (χ0n) is 18.3. The largest absolute Gasteiger partial charge is 0.444 e. The lowest BCUT2D eigenvalue weighted by Gasteiger charge is -2.20. The first-order valence-corrected chi connectivity index (χ1v) is 10.7. The molecule has 4 aromatic rings. The minimum atomic E-state index is -0.499. The number of pyridine rings is 1. The molecule has 2 aromatic heterocycles. The van der Waals surface area contributed by atoms with E-state index in [2.05, 4.69) is 10.2 Å². The zero-order chi connectivity index (χ0) is 23.2. The monoisotopic (exact) mass is 446 g/mol. The van der Waals surface area contributed by atoms with Crippen LogP contribution in [0, 0.1) is 5.82 Å². The number of nitrogens with zero attached hydrogens (tertiary/aromatic N) is 3. The van der Waals surface area contributed by atoms with Crippen LogP contribution in [-0.2, 0) is 23.2 Å². The molecule has 0 radical (unpaired) electrons. The summed E-state index contributed by atoms with van der Waals surface area (Å²) in [5, 5.41) is 6.77. The molecule has 3 heterocycles. The lowest BCUT2D eigenvalue weighted by molar-refractivity contribution is 0.147. The zero-order valence-corrected chi connectivity index (χ0v) is 18.3. The molecule has 8 heteroatoms. The Balaban J connectivity index is 1.55. The summed E-state index contributed by atoms with van der Waals surface area (Å²) in [7, 11) is 0. The number of fused-ring (bicyclic) bond motifs is 3. The third-order valence-corrected chi connectivity index (χ3v) is 5.96. The average Bonchev–Trinajstić information content (AvgIpc) is 3.31. The van der Waals surface area contributed by atoms with Crippen molar-refractivity contribution < 1.29 is 13.9 Å². The summed E-state index contributed by atoms with van der Waals surface area (Å²) in [5.41, 5.74) is 3.46. The fraction of sp³-hybridized carbons (Fsp3) is 0.240. The minimum Gasteiger partial charge on any atom is -0.444 e. The van der Waals surface area contributed by atoms with E-state index in [-0.39, 0.29) is 18.1 Å². The summed E-state index contributed by atoms with van der Waals surface area (Å²) in [6.45, 7) is 4.48. The number of rotatable bonds is 4. The Bertz CT molecular complexity index is 1390. The maximum absolute atomic E-state index is 13.4. The van der Waals surface area contributed by atoms with Crippen molar-refractivity contribution in [3.8, 4) is 0 Å². The van der Waals surface area contributed by atoms with Crippen LogP contribution in [0.2, 0.25) is 0 Å². The number of benzene rings is 2. The molecule has 1 aliphatic rings. The number of carbonyl (C=O) groups is 1. The van der Waals surface area contributed by atoms with Crippen molar-refractivity contribution in [3.05, 3.63) is 99.3 Å². The van der Waals surface area contributed by atoms with Crippen molar-refractivity contribution in [1.82, 2.24) is 14.6 Å². The quantitative estimate of drug-likeness (QED) is 0.510. The van der Waals surface area contributed by atoms with Gasteiger partial charge in [-0.05, 0) is 29.3 Å². The second-order valence-electron chi connectivity index (χ2n) is 8.90. The second-order valence-corrected chi connectivity index (χ2v) is 8.90. The highest BCUT2D eigenvalue weighted by Gasteiger charge is 2.42. The normalized spacial score (nSPS) is 14.5. The first-order chi connectivity index (χ1) is 15.8. The van der Waals surface area contributed by atoms with E-state index in [0.717, 1.165) is 16.7 Å². The molecule has 1 N–H and O–H groups in total. The van der Waals surface area contributed by atoms with Gasteiger partial charge in [0.15, 0.2) is 5.65 Å². The predicted octanol–water partition coefficient (Wildman–Crippen LogP) is 4.19.